The maximum Gasteiger partial charge on any atom is 0.260 e. The molecule has 5 nitrogen and oxygen atoms in total. The highest BCUT2D eigenvalue weighted by Gasteiger charge is 2.25. The summed E-state index contributed by atoms with van der Waals surface area (Å²) in [5, 5.41) is 1.11. The van der Waals surface area contributed by atoms with Gasteiger partial charge >= 0.3 is 0 Å². The fraction of sp³-hybridized carbons (Fsp3) is 0.588. The summed E-state index contributed by atoms with van der Waals surface area (Å²) in [4.78, 5) is 36.6. The first-order valence-electron chi connectivity index (χ1n) is 8.63. The lowest BCUT2D eigenvalue weighted by Crippen LogP contribution is -2.34. The second-order valence-corrected chi connectivity index (χ2v) is 8.97. The Morgan fingerprint density at radius 2 is 2.00 bits per heavy atom. The number of hydrogen-bond donors (Lipinski definition) is 1. The van der Waals surface area contributed by atoms with Gasteiger partial charge in [0, 0.05) is 18.0 Å². The average molecular weight is 364 g/mol. The number of H-pyrrole nitrogens is 1. The maximum atomic E-state index is 12.5. The van der Waals surface area contributed by atoms with E-state index in [1.165, 1.54) is 28.6 Å². The largest absolute Gasteiger partial charge is 0.342 e. The lowest BCUT2D eigenvalue weighted by molar-refractivity contribution is -0.129. The van der Waals surface area contributed by atoms with Crippen molar-refractivity contribution in [3.8, 4) is 0 Å². The third-order valence-corrected chi connectivity index (χ3v) is 7.01. The Kier molecular flexibility index (Phi) is 4.39. The summed E-state index contributed by atoms with van der Waals surface area (Å²) >= 11 is 3.01. The molecule has 1 N–H and O–H groups in total. The summed E-state index contributed by atoms with van der Waals surface area (Å²) in [6.07, 6.45) is 6.56. The fourth-order valence-corrected chi connectivity index (χ4v) is 5.81. The molecule has 4 rings (SSSR count). The zero-order valence-electron chi connectivity index (χ0n) is 13.8. The van der Waals surface area contributed by atoms with E-state index in [0.29, 0.717) is 5.16 Å². The molecular formula is C17H21N3O2S2. The Bertz CT molecular complexity index is 836. The number of aromatic amines is 1. The van der Waals surface area contributed by atoms with Crippen LogP contribution in [0.25, 0.3) is 10.2 Å². The molecule has 1 aliphatic heterocycles. The fourth-order valence-electron chi connectivity index (χ4n) is 3.61. The minimum atomic E-state index is -0.224. The molecular weight excluding hydrogens is 342 g/mol. The van der Waals surface area contributed by atoms with Crippen LogP contribution in [0.2, 0.25) is 0 Å². The summed E-state index contributed by atoms with van der Waals surface area (Å²) in [6, 6.07) is 0. The van der Waals surface area contributed by atoms with Gasteiger partial charge in [0.15, 0.2) is 5.16 Å². The molecule has 0 aromatic carbocycles. The van der Waals surface area contributed by atoms with Crippen molar-refractivity contribution in [3.63, 3.8) is 0 Å². The first-order chi connectivity index (χ1) is 11.6. The predicted octanol–water partition coefficient (Wildman–Crippen LogP) is 2.97. The van der Waals surface area contributed by atoms with Crippen LogP contribution >= 0.6 is 23.1 Å². The van der Waals surface area contributed by atoms with E-state index in [-0.39, 0.29) is 16.7 Å². The highest BCUT2D eigenvalue weighted by atomic mass is 32.2. The summed E-state index contributed by atoms with van der Waals surface area (Å²) in [5.74, 6) is 0.144. The maximum absolute atomic E-state index is 12.5. The second kappa shape index (κ2) is 6.52. The van der Waals surface area contributed by atoms with Crippen LogP contribution in [0.15, 0.2) is 9.95 Å². The van der Waals surface area contributed by atoms with E-state index in [9.17, 15) is 9.59 Å². The van der Waals surface area contributed by atoms with Gasteiger partial charge in [0.05, 0.1) is 10.6 Å². The Morgan fingerprint density at radius 3 is 2.79 bits per heavy atom. The van der Waals surface area contributed by atoms with Crippen molar-refractivity contribution in [1.29, 1.82) is 0 Å². The zero-order chi connectivity index (χ0) is 16.7. The minimum absolute atomic E-state index is 0.0530. The topological polar surface area (TPSA) is 66.1 Å². The predicted molar refractivity (Wildman–Crippen MR) is 98.0 cm³/mol. The quantitative estimate of drug-likeness (QED) is 0.672. The molecule has 1 saturated heterocycles. The normalized spacial score (nSPS) is 18.8. The highest BCUT2D eigenvalue weighted by Crippen LogP contribution is 2.34. The van der Waals surface area contributed by atoms with Crippen molar-refractivity contribution in [3.05, 3.63) is 20.8 Å². The first-order valence-corrected chi connectivity index (χ1v) is 10.3. The third kappa shape index (κ3) is 2.88. The van der Waals surface area contributed by atoms with Crippen LogP contribution < -0.4 is 5.56 Å². The van der Waals surface area contributed by atoms with Gasteiger partial charge in [-0.05, 0) is 51.0 Å². The smallest absolute Gasteiger partial charge is 0.260 e. The van der Waals surface area contributed by atoms with Crippen molar-refractivity contribution >= 4 is 39.2 Å². The number of aryl methyl sites for hydroxylation is 2. The first kappa shape index (κ1) is 16.1. The number of aromatic nitrogens is 2. The van der Waals surface area contributed by atoms with Crippen molar-refractivity contribution in [1.82, 2.24) is 14.9 Å². The molecule has 0 radical (unpaired) electrons. The lowest BCUT2D eigenvalue weighted by atomic mass is 9.97. The van der Waals surface area contributed by atoms with Crippen LogP contribution in [0.5, 0.6) is 0 Å². The molecule has 0 spiro atoms. The van der Waals surface area contributed by atoms with E-state index >= 15 is 0 Å². The third-order valence-electron chi connectivity index (χ3n) is 4.86. The number of amides is 1. The summed E-state index contributed by atoms with van der Waals surface area (Å²) in [5.41, 5.74) is 1.15. The van der Waals surface area contributed by atoms with E-state index in [1.54, 1.807) is 11.3 Å². The zero-order valence-corrected chi connectivity index (χ0v) is 15.4. The molecule has 2 aromatic rings. The van der Waals surface area contributed by atoms with Crippen LogP contribution in [-0.4, -0.2) is 39.1 Å². The van der Waals surface area contributed by atoms with E-state index in [0.717, 1.165) is 55.4 Å². The second-order valence-electron chi connectivity index (χ2n) is 6.55. The van der Waals surface area contributed by atoms with Gasteiger partial charge < -0.3 is 9.88 Å². The number of rotatable bonds is 3. The van der Waals surface area contributed by atoms with E-state index < -0.39 is 0 Å². The number of hydrogen-bond acceptors (Lipinski definition) is 5. The van der Waals surface area contributed by atoms with Gasteiger partial charge in [-0.25, -0.2) is 4.98 Å². The molecule has 1 amide bonds. The lowest BCUT2D eigenvalue weighted by Gasteiger charge is -2.19. The molecule has 24 heavy (non-hydrogen) atoms. The number of carbonyl (C=O) groups is 1. The highest BCUT2D eigenvalue weighted by molar-refractivity contribution is 8.00. The summed E-state index contributed by atoms with van der Waals surface area (Å²) in [7, 11) is 0. The molecule has 2 aromatic heterocycles. The Labute approximate surface area is 148 Å². The van der Waals surface area contributed by atoms with Crippen molar-refractivity contribution in [2.45, 2.75) is 55.9 Å². The molecule has 1 fully saturated rings. The SMILES string of the molecule is CC(Sc1nc2sc3c(c2c(=O)[nH]1)CCCC3)C(=O)N1CCCC1. The standard InChI is InChI=1S/C17H21N3O2S2/c1-10(16(22)20-8-4-5-9-20)23-17-18-14(21)13-11-6-2-3-7-12(11)24-15(13)19-17/h10H,2-9H2,1H3,(H,18,19,21). The minimum Gasteiger partial charge on any atom is -0.342 e. The van der Waals surface area contributed by atoms with Crippen molar-refractivity contribution in [2.24, 2.45) is 0 Å². The molecule has 0 saturated carbocycles. The van der Waals surface area contributed by atoms with Crippen molar-refractivity contribution in [2.75, 3.05) is 13.1 Å². The molecule has 1 atom stereocenters. The molecule has 7 heteroatoms. The number of thioether (sulfide) groups is 1. The van der Waals surface area contributed by atoms with Gasteiger partial charge in [-0.1, -0.05) is 11.8 Å². The number of fused-ring (bicyclic) bond motifs is 3. The number of likely N-dealkylation sites (tertiary alicyclic amines) is 1. The van der Waals surface area contributed by atoms with E-state index in [2.05, 4.69) is 9.97 Å². The van der Waals surface area contributed by atoms with E-state index in [1.807, 2.05) is 11.8 Å². The number of nitrogens with zero attached hydrogens (tertiary/aromatic N) is 2. The van der Waals surface area contributed by atoms with Crippen molar-refractivity contribution < 1.29 is 4.79 Å². The van der Waals surface area contributed by atoms with Gasteiger partial charge in [-0.15, -0.1) is 11.3 Å². The Balaban J connectivity index is 1.60. The monoisotopic (exact) mass is 363 g/mol. The van der Waals surface area contributed by atoms with Crippen LogP contribution in [0.1, 0.15) is 43.0 Å². The molecule has 1 unspecified atom stereocenters. The van der Waals surface area contributed by atoms with Crippen LogP contribution in [-0.2, 0) is 17.6 Å². The van der Waals surface area contributed by atoms with Gasteiger partial charge in [0.2, 0.25) is 5.91 Å². The van der Waals surface area contributed by atoms with Crippen LogP contribution in [0.3, 0.4) is 0 Å². The van der Waals surface area contributed by atoms with Gasteiger partial charge in [0.25, 0.3) is 5.56 Å². The Hall–Kier alpha value is -1.34. The molecule has 1 aliphatic carbocycles. The van der Waals surface area contributed by atoms with Crippen LogP contribution in [0.4, 0.5) is 0 Å². The number of thiophene rings is 1. The molecule has 0 bridgehead atoms. The number of nitrogens with one attached hydrogen (secondary N) is 1. The number of carbonyl (C=O) groups excluding carboxylic acids is 1. The van der Waals surface area contributed by atoms with Gasteiger partial charge in [-0.3, -0.25) is 9.59 Å². The van der Waals surface area contributed by atoms with E-state index in [4.69, 9.17) is 0 Å². The summed E-state index contributed by atoms with van der Waals surface area (Å²) in [6.45, 7) is 3.60. The van der Waals surface area contributed by atoms with Gasteiger partial charge in [0.1, 0.15) is 4.83 Å². The van der Waals surface area contributed by atoms with Gasteiger partial charge in [-0.2, -0.15) is 0 Å². The summed E-state index contributed by atoms with van der Waals surface area (Å²) < 4.78 is 0. The molecule has 3 heterocycles. The molecule has 128 valence electrons. The Morgan fingerprint density at radius 1 is 1.25 bits per heavy atom. The average Bonchev–Trinajstić information content (AvgIpc) is 3.21. The molecule has 2 aliphatic rings. The van der Waals surface area contributed by atoms with Crippen LogP contribution in [0, 0.1) is 0 Å².